The van der Waals surface area contributed by atoms with Crippen LogP contribution in [-0.4, -0.2) is 16.0 Å². The van der Waals surface area contributed by atoms with E-state index in [1.807, 2.05) is 17.5 Å². The normalized spacial score (nSPS) is 10.5. The van der Waals surface area contributed by atoms with E-state index in [0.29, 0.717) is 17.0 Å². The highest BCUT2D eigenvalue weighted by Crippen LogP contribution is 2.25. The molecule has 0 aliphatic rings. The summed E-state index contributed by atoms with van der Waals surface area (Å²) in [5.74, 6) is 0.248. The molecule has 0 saturated heterocycles. The molecule has 3 aromatic rings. The van der Waals surface area contributed by atoms with E-state index in [-0.39, 0.29) is 17.8 Å². The highest BCUT2D eigenvalue weighted by molar-refractivity contribution is 7.13. The minimum atomic E-state index is -0.503. The Morgan fingerprint density at radius 3 is 2.92 bits per heavy atom. The minimum absolute atomic E-state index is 0.0796. The molecule has 0 aliphatic carbocycles. The standard InChI is InChI=1S/C16H13N3O4S/c1-10-12(4-2-5-13(10)19(21)22)16(20)17-9-11-8-14(23-18-11)15-6-3-7-24-15/h2-8H,9H2,1H3,(H,17,20). The molecule has 0 saturated carbocycles. The summed E-state index contributed by atoms with van der Waals surface area (Å²) in [6.45, 7) is 1.73. The van der Waals surface area contributed by atoms with Gasteiger partial charge in [-0.25, -0.2) is 0 Å². The number of nitro groups is 1. The predicted molar refractivity (Wildman–Crippen MR) is 88.8 cm³/mol. The Morgan fingerprint density at radius 1 is 1.38 bits per heavy atom. The van der Waals surface area contributed by atoms with Crippen LogP contribution in [0.15, 0.2) is 46.3 Å². The third-order valence-corrected chi connectivity index (χ3v) is 4.38. The number of rotatable bonds is 5. The summed E-state index contributed by atoms with van der Waals surface area (Å²) >= 11 is 1.53. The van der Waals surface area contributed by atoms with Crippen molar-refractivity contribution >= 4 is 22.9 Å². The highest BCUT2D eigenvalue weighted by Gasteiger charge is 2.18. The summed E-state index contributed by atoms with van der Waals surface area (Å²) in [6, 6.07) is 10.0. The molecular formula is C16H13N3O4S. The Bertz CT molecular complexity index is 887. The van der Waals surface area contributed by atoms with Gasteiger partial charge >= 0.3 is 0 Å². The third-order valence-electron chi connectivity index (χ3n) is 3.50. The zero-order chi connectivity index (χ0) is 17.1. The van der Waals surface area contributed by atoms with Gasteiger partial charge < -0.3 is 9.84 Å². The lowest BCUT2D eigenvalue weighted by Gasteiger charge is -2.06. The average molecular weight is 343 g/mol. The molecule has 0 atom stereocenters. The van der Waals surface area contributed by atoms with Crippen molar-refractivity contribution in [2.45, 2.75) is 13.5 Å². The maximum atomic E-state index is 12.3. The molecule has 0 fully saturated rings. The van der Waals surface area contributed by atoms with Crippen molar-refractivity contribution in [2.24, 2.45) is 0 Å². The summed E-state index contributed by atoms with van der Waals surface area (Å²) in [7, 11) is 0. The molecule has 1 aromatic carbocycles. The highest BCUT2D eigenvalue weighted by atomic mass is 32.1. The van der Waals surface area contributed by atoms with Crippen LogP contribution >= 0.6 is 11.3 Å². The molecule has 0 aliphatic heterocycles. The van der Waals surface area contributed by atoms with E-state index in [2.05, 4.69) is 10.5 Å². The molecule has 0 spiro atoms. The Labute approximate surface area is 141 Å². The number of benzene rings is 1. The van der Waals surface area contributed by atoms with Crippen LogP contribution in [0.4, 0.5) is 5.69 Å². The molecule has 2 aromatic heterocycles. The molecular weight excluding hydrogens is 330 g/mol. The number of hydrogen-bond acceptors (Lipinski definition) is 6. The Hall–Kier alpha value is -3.00. The van der Waals surface area contributed by atoms with Gasteiger partial charge in [-0.15, -0.1) is 11.3 Å². The minimum Gasteiger partial charge on any atom is -0.355 e. The van der Waals surface area contributed by atoms with Crippen LogP contribution in [0.2, 0.25) is 0 Å². The number of thiophene rings is 1. The fourth-order valence-corrected chi connectivity index (χ4v) is 2.94. The van der Waals surface area contributed by atoms with Gasteiger partial charge in [0.15, 0.2) is 5.76 Å². The summed E-state index contributed by atoms with van der Waals surface area (Å²) in [5, 5.41) is 19.5. The van der Waals surface area contributed by atoms with Crippen LogP contribution in [0.25, 0.3) is 10.6 Å². The topological polar surface area (TPSA) is 98.3 Å². The molecule has 3 rings (SSSR count). The van der Waals surface area contributed by atoms with Crippen LogP contribution < -0.4 is 5.32 Å². The van der Waals surface area contributed by atoms with Gasteiger partial charge in [0, 0.05) is 23.3 Å². The zero-order valence-electron chi connectivity index (χ0n) is 12.7. The lowest BCUT2D eigenvalue weighted by molar-refractivity contribution is -0.385. The molecule has 8 heteroatoms. The fraction of sp³-hybridized carbons (Fsp3) is 0.125. The average Bonchev–Trinajstić information content (AvgIpc) is 3.23. The second kappa shape index (κ2) is 6.63. The number of nitro benzene ring substituents is 1. The molecule has 7 nitrogen and oxygen atoms in total. The number of carbonyl (C=O) groups is 1. The number of hydrogen-bond donors (Lipinski definition) is 1. The number of aromatic nitrogens is 1. The van der Waals surface area contributed by atoms with E-state index >= 15 is 0 Å². The van der Waals surface area contributed by atoms with Crippen molar-refractivity contribution in [1.82, 2.24) is 10.5 Å². The number of carbonyl (C=O) groups excluding carboxylic acids is 1. The van der Waals surface area contributed by atoms with Crippen LogP contribution in [0, 0.1) is 17.0 Å². The zero-order valence-corrected chi connectivity index (χ0v) is 13.5. The first-order chi connectivity index (χ1) is 11.6. The smallest absolute Gasteiger partial charge is 0.273 e. The third kappa shape index (κ3) is 3.18. The van der Waals surface area contributed by atoms with Gasteiger partial charge in [-0.1, -0.05) is 17.3 Å². The molecule has 1 amide bonds. The quantitative estimate of drug-likeness (QED) is 0.564. The predicted octanol–water partition coefficient (Wildman–Crippen LogP) is 3.55. The van der Waals surface area contributed by atoms with Crippen LogP contribution in [0.3, 0.4) is 0 Å². The molecule has 0 radical (unpaired) electrons. The van der Waals surface area contributed by atoms with Gasteiger partial charge in [0.2, 0.25) is 0 Å². The first-order valence-electron chi connectivity index (χ1n) is 7.08. The van der Waals surface area contributed by atoms with Crippen molar-refractivity contribution in [3.63, 3.8) is 0 Å². The van der Waals surface area contributed by atoms with E-state index in [9.17, 15) is 14.9 Å². The van der Waals surface area contributed by atoms with E-state index in [1.54, 1.807) is 19.1 Å². The lowest BCUT2D eigenvalue weighted by atomic mass is 10.1. The Kier molecular flexibility index (Phi) is 4.39. The lowest BCUT2D eigenvalue weighted by Crippen LogP contribution is -2.24. The van der Waals surface area contributed by atoms with Gasteiger partial charge in [-0.05, 0) is 24.4 Å². The Morgan fingerprint density at radius 2 is 2.21 bits per heavy atom. The summed E-state index contributed by atoms with van der Waals surface area (Å²) in [4.78, 5) is 23.7. The first kappa shape index (κ1) is 15.9. The molecule has 0 bridgehead atoms. The van der Waals surface area contributed by atoms with Gasteiger partial charge in [0.1, 0.15) is 5.69 Å². The van der Waals surface area contributed by atoms with Crippen molar-refractivity contribution in [2.75, 3.05) is 0 Å². The molecule has 2 heterocycles. The van der Waals surface area contributed by atoms with E-state index < -0.39 is 10.8 Å². The van der Waals surface area contributed by atoms with Crippen LogP contribution in [-0.2, 0) is 6.54 Å². The number of nitrogens with zero attached hydrogens (tertiary/aromatic N) is 2. The van der Waals surface area contributed by atoms with Crippen molar-refractivity contribution in [3.8, 4) is 10.6 Å². The van der Waals surface area contributed by atoms with Crippen molar-refractivity contribution in [3.05, 3.63) is 68.7 Å². The summed E-state index contributed by atoms with van der Waals surface area (Å²) in [6.07, 6.45) is 0. The van der Waals surface area contributed by atoms with Gasteiger partial charge in [-0.2, -0.15) is 0 Å². The van der Waals surface area contributed by atoms with Gasteiger partial charge in [-0.3, -0.25) is 14.9 Å². The maximum Gasteiger partial charge on any atom is 0.273 e. The SMILES string of the molecule is Cc1c(C(=O)NCc2cc(-c3cccs3)on2)cccc1[N+](=O)[O-]. The van der Waals surface area contributed by atoms with Crippen LogP contribution in [0.5, 0.6) is 0 Å². The van der Waals surface area contributed by atoms with E-state index in [4.69, 9.17) is 4.52 Å². The maximum absolute atomic E-state index is 12.3. The monoisotopic (exact) mass is 343 g/mol. The van der Waals surface area contributed by atoms with E-state index in [1.165, 1.54) is 23.5 Å². The molecule has 0 unspecified atom stereocenters. The first-order valence-corrected chi connectivity index (χ1v) is 7.96. The molecule has 1 N–H and O–H groups in total. The summed E-state index contributed by atoms with van der Waals surface area (Å²) < 4.78 is 5.24. The molecule has 122 valence electrons. The van der Waals surface area contributed by atoms with E-state index in [0.717, 1.165) is 4.88 Å². The van der Waals surface area contributed by atoms with Gasteiger partial charge in [0.25, 0.3) is 11.6 Å². The van der Waals surface area contributed by atoms with Crippen molar-refractivity contribution in [1.29, 1.82) is 0 Å². The second-order valence-electron chi connectivity index (χ2n) is 5.05. The molecule has 24 heavy (non-hydrogen) atoms. The van der Waals surface area contributed by atoms with Crippen molar-refractivity contribution < 1.29 is 14.2 Å². The second-order valence-corrected chi connectivity index (χ2v) is 6.00. The number of nitrogens with one attached hydrogen (secondary N) is 1. The van der Waals surface area contributed by atoms with Gasteiger partial charge in [0.05, 0.1) is 16.3 Å². The number of amides is 1. The largest absolute Gasteiger partial charge is 0.355 e. The van der Waals surface area contributed by atoms with Crippen LogP contribution in [0.1, 0.15) is 21.6 Å². The summed E-state index contributed by atoms with van der Waals surface area (Å²) in [5.41, 5.74) is 1.10. The Balaban J connectivity index is 1.70. The fourth-order valence-electron chi connectivity index (χ4n) is 2.26.